The van der Waals surface area contributed by atoms with Gasteiger partial charge in [-0.25, -0.2) is 0 Å². The minimum Gasteiger partial charge on any atom is -0.131 e. The molecule has 0 spiro atoms. The lowest BCUT2D eigenvalue weighted by molar-refractivity contribution is 1.98. The highest BCUT2D eigenvalue weighted by atomic mass is 35.5. The summed E-state index contributed by atoms with van der Waals surface area (Å²) in [7, 11) is 0. The predicted molar refractivity (Wildman–Crippen MR) is 28.2 cm³/mol. The molecule has 0 aliphatic rings. The largest absolute Gasteiger partial charge is 0.131 e. The van der Waals surface area contributed by atoms with Crippen LogP contribution in [-0.4, -0.2) is 0 Å². The minimum absolute atomic E-state index is 0.801. The lowest BCUT2D eigenvalue weighted by atomic mass is 10.7. The van der Waals surface area contributed by atoms with E-state index in [1.54, 1.807) is 6.07 Å². The van der Waals surface area contributed by atoms with E-state index >= 15 is 0 Å². The lowest BCUT2D eigenvalue weighted by Crippen LogP contribution is -1.30. The summed E-state index contributed by atoms with van der Waals surface area (Å²) in [5, 5.41) is 1.82. The van der Waals surface area contributed by atoms with Crippen LogP contribution in [0.25, 0.3) is 0 Å². The molecule has 0 unspecified atom stereocenters. The normalized spacial score (nSPS) is 8.83. The third-order valence-electron chi connectivity index (χ3n) is 0.436. The molecule has 0 saturated heterocycles. The first-order valence-corrected chi connectivity index (χ1v) is 2.75. The molecule has 1 radical (unpaired) electrons. The Labute approximate surface area is 45.4 Å². The van der Waals surface area contributed by atoms with E-state index in [1.807, 2.05) is 5.38 Å². The molecule has 6 heavy (non-hydrogen) atoms. The van der Waals surface area contributed by atoms with Crippen molar-refractivity contribution in [3.63, 3.8) is 0 Å². The lowest BCUT2D eigenvalue weighted by Gasteiger charge is -1.61. The molecule has 2 heteroatoms. The van der Waals surface area contributed by atoms with Crippen molar-refractivity contribution in [2.75, 3.05) is 0 Å². The van der Waals surface area contributed by atoms with E-state index < -0.39 is 0 Å². The second kappa shape index (κ2) is 1.63. The van der Waals surface area contributed by atoms with Crippen LogP contribution in [0, 0.1) is 6.07 Å². The molecule has 0 fully saturated rings. The quantitative estimate of drug-likeness (QED) is 0.489. The van der Waals surface area contributed by atoms with Crippen molar-refractivity contribution in [2.24, 2.45) is 0 Å². The maximum Gasteiger partial charge on any atom is 0.0934 e. The van der Waals surface area contributed by atoms with Gasteiger partial charge < -0.3 is 0 Å². The molecule has 1 heterocycles. The average molecular weight is 118 g/mol. The van der Waals surface area contributed by atoms with Gasteiger partial charge in [0, 0.05) is 5.38 Å². The standard InChI is InChI=1S/C4H2ClS/c5-4-2-1-3-6-4/h2-3H. The molecule has 0 aliphatic heterocycles. The van der Waals surface area contributed by atoms with Gasteiger partial charge in [-0.2, -0.15) is 0 Å². The van der Waals surface area contributed by atoms with E-state index in [0.29, 0.717) is 0 Å². The molecule has 0 bridgehead atoms. The van der Waals surface area contributed by atoms with Gasteiger partial charge in [-0.3, -0.25) is 0 Å². The number of rotatable bonds is 0. The molecule has 31 valence electrons. The van der Waals surface area contributed by atoms with Crippen molar-refractivity contribution < 1.29 is 0 Å². The van der Waals surface area contributed by atoms with Crippen LogP contribution in [0.3, 0.4) is 0 Å². The summed E-state index contributed by atoms with van der Waals surface area (Å²) in [6.07, 6.45) is 0. The van der Waals surface area contributed by atoms with Crippen molar-refractivity contribution >= 4 is 22.9 Å². The Morgan fingerprint density at radius 2 is 2.67 bits per heavy atom. The third-order valence-corrected chi connectivity index (χ3v) is 1.41. The summed E-state index contributed by atoms with van der Waals surface area (Å²) in [6, 6.07) is 4.56. The molecule has 0 atom stereocenters. The van der Waals surface area contributed by atoms with Crippen molar-refractivity contribution in [1.29, 1.82) is 0 Å². The predicted octanol–water partition coefficient (Wildman–Crippen LogP) is 2.20. The Morgan fingerprint density at radius 1 is 1.83 bits per heavy atom. The van der Waals surface area contributed by atoms with E-state index in [4.69, 9.17) is 11.6 Å². The van der Waals surface area contributed by atoms with E-state index in [2.05, 4.69) is 6.07 Å². The molecule has 0 amide bonds. The van der Waals surface area contributed by atoms with Crippen LogP contribution < -0.4 is 0 Å². The molecular formula is C4H2ClS. The molecule has 0 nitrogen and oxygen atoms in total. The number of hydrogen-bond acceptors (Lipinski definition) is 1. The van der Waals surface area contributed by atoms with Gasteiger partial charge in [-0.15, -0.1) is 11.3 Å². The van der Waals surface area contributed by atoms with Crippen LogP contribution in [-0.2, 0) is 0 Å². The van der Waals surface area contributed by atoms with Gasteiger partial charge in [0.1, 0.15) is 0 Å². The molecule has 0 N–H and O–H groups in total. The monoisotopic (exact) mass is 117 g/mol. The van der Waals surface area contributed by atoms with Crippen LogP contribution in [0.5, 0.6) is 0 Å². The first-order chi connectivity index (χ1) is 2.89. The fraction of sp³-hybridized carbons (Fsp3) is 0. The molecule has 1 aromatic heterocycles. The van der Waals surface area contributed by atoms with Gasteiger partial charge in [0.2, 0.25) is 0 Å². The van der Waals surface area contributed by atoms with Crippen molar-refractivity contribution in [3.8, 4) is 0 Å². The first-order valence-electron chi connectivity index (χ1n) is 1.49. The van der Waals surface area contributed by atoms with Gasteiger partial charge in [-0.05, 0) is 12.1 Å². The molecule has 0 aromatic carbocycles. The zero-order valence-corrected chi connectivity index (χ0v) is 4.51. The Balaban J connectivity index is 3.05. The zero-order chi connectivity index (χ0) is 4.41. The van der Waals surface area contributed by atoms with E-state index in [-0.39, 0.29) is 0 Å². The highest BCUT2D eigenvalue weighted by molar-refractivity contribution is 7.14. The van der Waals surface area contributed by atoms with Crippen LogP contribution in [0.1, 0.15) is 0 Å². The SMILES string of the molecule is Clc1c[c]cs1. The number of thiophene rings is 1. The summed E-state index contributed by atoms with van der Waals surface area (Å²) >= 11 is 6.93. The number of halogens is 1. The molecule has 0 saturated carbocycles. The maximum atomic E-state index is 5.44. The third kappa shape index (κ3) is 0.730. The summed E-state index contributed by atoms with van der Waals surface area (Å²) < 4.78 is 0.801. The fourth-order valence-electron chi connectivity index (χ4n) is 0.224. The first kappa shape index (κ1) is 4.16. The Morgan fingerprint density at radius 3 is 2.83 bits per heavy atom. The minimum atomic E-state index is 0.801. The average Bonchev–Trinajstić information content (AvgIpc) is 1.86. The van der Waals surface area contributed by atoms with Gasteiger partial charge in [-0.1, -0.05) is 11.6 Å². The fourth-order valence-corrected chi connectivity index (χ4v) is 0.805. The molecule has 0 aliphatic carbocycles. The molecular weight excluding hydrogens is 116 g/mol. The maximum absolute atomic E-state index is 5.44. The Bertz CT molecular complexity index is 111. The molecule has 1 rings (SSSR count). The van der Waals surface area contributed by atoms with Gasteiger partial charge in [0.05, 0.1) is 4.34 Å². The second-order valence-electron chi connectivity index (χ2n) is 0.851. The summed E-state index contributed by atoms with van der Waals surface area (Å²) in [4.78, 5) is 0. The summed E-state index contributed by atoms with van der Waals surface area (Å²) in [6.45, 7) is 0. The molecule has 1 aromatic rings. The second-order valence-corrected chi connectivity index (χ2v) is 2.39. The Hall–Kier alpha value is -0.0100. The van der Waals surface area contributed by atoms with Crippen molar-refractivity contribution in [3.05, 3.63) is 21.8 Å². The van der Waals surface area contributed by atoms with Crippen LogP contribution in [0.4, 0.5) is 0 Å². The van der Waals surface area contributed by atoms with Crippen molar-refractivity contribution in [2.45, 2.75) is 0 Å². The zero-order valence-electron chi connectivity index (χ0n) is 2.94. The Kier molecular flexibility index (Phi) is 1.13. The summed E-state index contributed by atoms with van der Waals surface area (Å²) in [5.41, 5.74) is 0. The topological polar surface area (TPSA) is 0 Å². The van der Waals surface area contributed by atoms with Gasteiger partial charge >= 0.3 is 0 Å². The van der Waals surface area contributed by atoms with Gasteiger partial charge in [0.15, 0.2) is 0 Å². The highest BCUT2D eigenvalue weighted by Crippen LogP contribution is 2.12. The van der Waals surface area contributed by atoms with E-state index in [9.17, 15) is 0 Å². The van der Waals surface area contributed by atoms with E-state index in [0.717, 1.165) is 4.34 Å². The smallest absolute Gasteiger partial charge is 0.0934 e. The van der Waals surface area contributed by atoms with Crippen LogP contribution in [0.15, 0.2) is 11.4 Å². The summed E-state index contributed by atoms with van der Waals surface area (Å²) in [5.74, 6) is 0. The van der Waals surface area contributed by atoms with E-state index in [1.165, 1.54) is 11.3 Å². The van der Waals surface area contributed by atoms with Crippen LogP contribution >= 0.6 is 22.9 Å². The van der Waals surface area contributed by atoms with Gasteiger partial charge in [0.25, 0.3) is 0 Å². The van der Waals surface area contributed by atoms with Crippen molar-refractivity contribution in [1.82, 2.24) is 0 Å². The number of hydrogen-bond donors (Lipinski definition) is 0. The van der Waals surface area contributed by atoms with Crippen LogP contribution in [0.2, 0.25) is 4.34 Å². The highest BCUT2D eigenvalue weighted by Gasteiger charge is 1.78.